The van der Waals surface area contributed by atoms with Crippen LogP contribution in [0.4, 0.5) is 0 Å². The molecule has 3 fully saturated rings. The number of halogens is 1. The highest BCUT2D eigenvalue weighted by atomic mass is 35.5. The zero-order chi connectivity index (χ0) is 15.1. The molecule has 6 heteroatoms. The molecule has 1 atom stereocenters. The van der Waals surface area contributed by atoms with Crippen LogP contribution in [-0.4, -0.2) is 43.6 Å². The highest BCUT2D eigenvalue weighted by molar-refractivity contribution is 7.20. The quantitative estimate of drug-likeness (QED) is 0.922. The maximum absolute atomic E-state index is 12.6. The summed E-state index contributed by atoms with van der Waals surface area (Å²) in [5, 5.41) is 4.36. The summed E-state index contributed by atoms with van der Waals surface area (Å²) in [7, 11) is 1.66. The number of amides is 1. The third kappa shape index (κ3) is 3.18. The van der Waals surface area contributed by atoms with Crippen LogP contribution in [0.5, 0.6) is 5.75 Å². The second-order valence-electron chi connectivity index (χ2n) is 6.23. The molecule has 5 rings (SSSR count). The van der Waals surface area contributed by atoms with Gasteiger partial charge in [-0.1, -0.05) is 0 Å². The van der Waals surface area contributed by atoms with E-state index in [1.165, 1.54) is 37.3 Å². The number of nitrogens with zero attached hydrogens (tertiary/aromatic N) is 1. The van der Waals surface area contributed by atoms with Crippen molar-refractivity contribution < 1.29 is 9.53 Å². The number of carbonyl (C=O) groups excluding carboxylic acids is 1. The second kappa shape index (κ2) is 6.67. The lowest BCUT2D eigenvalue weighted by molar-refractivity contribution is 0.0622. The summed E-state index contributed by atoms with van der Waals surface area (Å²) in [5.74, 6) is 1.56. The Labute approximate surface area is 146 Å². The Balaban J connectivity index is 0.00000156. The van der Waals surface area contributed by atoms with E-state index in [1.54, 1.807) is 7.11 Å². The van der Waals surface area contributed by atoms with Gasteiger partial charge in [-0.3, -0.25) is 4.79 Å². The van der Waals surface area contributed by atoms with Crippen LogP contribution in [0.3, 0.4) is 0 Å². The van der Waals surface area contributed by atoms with Gasteiger partial charge < -0.3 is 15.0 Å². The molecule has 0 saturated carbocycles. The van der Waals surface area contributed by atoms with Gasteiger partial charge in [-0.25, -0.2) is 0 Å². The van der Waals surface area contributed by atoms with Crippen LogP contribution in [0, 0.1) is 5.92 Å². The number of rotatable bonds is 3. The topological polar surface area (TPSA) is 41.6 Å². The van der Waals surface area contributed by atoms with Gasteiger partial charge in [0.1, 0.15) is 5.75 Å². The molecule has 124 valence electrons. The summed E-state index contributed by atoms with van der Waals surface area (Å²) >= 11 is 1.54. The normalized spacial score (nSPS) is 25.9. The molecular weight excluding hydrogens is 332 g/mol. The maximum Gasteiger partial charge on any atom is 0.261 e. The van der Waals surface area contributed by atoms with Gasteiger partial charge in [0.05, 0.1) is 12.0 Å². The summed E-state index contributed by atoms with van der Waals surface area (Å²) in [5.41, 5.74) is 0. The first-order valence-electron chi connectivity index (χ1n) is 7.84. The van der Waals surface area contributed by atoms with Crippen molar-refractivity contribution in [3.8, 4) is 5.75 Å². The number of thiophene rings is 1. The van der Waals surface area contributed by atoms with E-state index in [1.807, 2.05) is 24.3 Å². The van der Waals surface area contributed by atoms with Crippen molar-refractivity contribution in [2.24, 2.45) is 5.92 Å². The van der Waals surface area contributed by atoms with Crippen molar-refractivity contribution in [2.45, 2.75) is 18.9 Å². The lowest BCUT2D eigenvalue weighted by atomic mass is 9.84. The summed E-state index contributed by atoms with van der Waals surface area (Å²) in [4.78, 5) is 15.8. The van der Waals surface area contributed by atoms with Gasteiger partial charge in [-0.05, 0) is 61.5 Å². The van der Waals surface area contributed by atoms with Crippen molar-refractivity contribution in [3.05, 3.63) is 29.1 Å². The van der Waals surface area contributed by atoms with E-state index >= 15 is 0 Å². The van der Waals surface area contributed by atoms with Crippen LogP contribution >= 0.6 is 23.7 Å². The van der Waals surface area contributed by atoms with E-state index in [-0.39, 0.29) is 18.3 Å². The molecule has 0 spiro atoms. The molecule has 23 heavy (non-hydrogen) atoms. The molecule has 1 amide bonds. The van der Waals surface area contributed by atoms with Crippen LogP contribution < -0.4 is 10.1 Å². The predicted octanol–water partition coefficient (Wildman–Crippen LogP) is 3.16. The average Bonchev–Trinajstić information content (AvgIpc) is 2.99. The monoisotopic (exact) mass is 352 g/mol. The highest BCUT2D eigenvalue weighted by Gasteiger charge is 2.35. The van der Waals surface area contributed by atoms with E-state index in [0.717, 1.165) is 27.3 Å². The van der Waals surface area contributed by atoms with Gasteiger partial charge in [0.15, 0.2) is 0 Å². The van der Waals surface area contributed by atoms with Crippen LogP contribution in [0.25, 0.3) is 10.1 Å². The van der Waals surface area contributed by atoms with Crippen LogP contribution in [0.2, 0.25) is 0 Å². The lowest BCUT2D eigenvalue weighted by Gasteiger charge is -2.44. The van der Waals surface area contributed by atoms with Gasteiger partial charge in [0.2, 0.25) is 0 Å². The number of hydrogen-bond donors (Lipinski definition) is 1. The highest BCUT2D eigenvalue weighted by Crippen LogP contribution is 2.31. The number of nitrogens with one attached hydrogen (secondary N) is 1. The molecule has 2 aromatic rings. The van der Waals surface area contributed by atoms with E-state index in [9.17, 15) is 4.79 Å². The zero-order valence-electron chi connectivity index (χ0n) is 13.1. The first-order chi connectivity index (χ1) is 10.7. The fourth-order valence-corrected chi connectivity index (χ4v) is 4.61. The number of hydrogen-bond acceptors (Lipinski definition) is 4. The van der Waals surface area contributed by atoms with Gasteiger partial charge in [-0.15, -0.1) is 23.7 Å². The fourth-order valence-electron chi connectivity index (χ4n) is 3.62. The number of piperidine rings is 3. The smallest absolute Gasteiger partial charge is 0.261 e. The van der Waals surface area contributed by atoms with Crippen molar-refractivity contribution in [1.29, 1.82) is 0 Å². The number of methoxy groups -OCH3 is 1. The zero-order valence-corrected chi connectivity index (χ0v) is 14.7. The van der Waals surface area contributed by atoms with Crippen molar-refractivity contribution >= 4 is 39.7 Å². The first-order valence-corrected chi connectivity index (χ1v) is 8.65. The molecule has 0 unspecified atom stereocenters. The molecule has 2 bridgehead atoms. The Morgan fingerprint density at radius 3 is 2.74 bits per heavy atom. The van der Waals surface area contributed by atoms with Gasteiger partial charge in [0, 0.05) is 17.3 Å². The summed E-state index contributed by atoms with van der Waals surface area (Å²) in [6.45, 7) is 3.40. The average molecular weight is 353 g/mol. The largest absolute Gasteiger partial charge is 0.497 e. The predicted molar refractivity (Wildman–Crippen MR) is 96.0 cm³/mol. The summed E-state index contributed by atoms with van der Waals surface area (Å²) < 4.78 is 6.34. The fraction of sp³-hybridized carbons (Fsp3) is 0.471. The van der Waals surface area contributed by atoms with Crippen molar-refractivity contribution in [2.75, 3.05) is 26.7 Å². The third-order valence-electron chi connectivity index (χ3n) is 4.92. The number of ether oxygens (including phenoxy) is 1. The molecule has 3 aliphatic rings. The molecule has 3 saturated heterocycles. The molecule has 1 aromatic heterocycles. The molecule has 1 N–H and O–H groups in total. The lowest BCUT2D eigenvalue weighted by Crippen LogP contribution is -2.57. The minimum Gasteiger partial charge on any atom is -0.497 e. The van der Waals surface area contributed by atoms with Gasteiger partial charge >= 0.3 is 0 Å². The molecule has 4 nitrogen and oxygen atoms in total. The Bertz CT molecular complexity index is 710. The molecule has 1 aromatic carbocycles. The van der Waals surface area contributed by atoms with Crippen molar-refractivity contribution in [1.82, 2.24) is 10.2 Å². The molecule has 3 aliphatic heterocycles. The molecule has 0 radical (unpaired) electrons. The Kier molecular flexibility index (Phi) is 4.80. The number of benzene rings is 1. The first kappa shape index (κ1) is 16.6. The molecule has 4 heterocycles. The SMILES string of the molecule is COc1ccc2cc(C(=O)N[C@@H]3CN4CCC3CC4)sc2c1.Cl. The Morgan fingerprint density at radius 2 is 2.09 bits per heavy atom. The van der Waals surface area contributed by atoms with Gasteiger partial charge in [0.25, 0.3) is 5.91 Å². The number of fused-ring (bicyclic) bond motifs is 4. The second-order valence-corrected chi connectivity index (χ2v) is 7.32. The molecule has 0 aliphatic carbocycles. The van der Waals surface area contributed by atoms with Crippen LogP contribution in [-0.2, 0) is 0 Å². The van der Waals surface area contributed by atoms with Crippen LogP contribution in [0.15, 0.2) is 24.3 Å². The Morgan fingerprint density at radius 1 is 1.30 bits per heavy atom. The van der Waals surface area contributed by atoms with Crippen molar-refractivity contribution in [3.63, 3.8) is 0 Å². The minimum absolute atomic E-state index is 0. The molecular formula is C17H21ClN2O2S. The minimum atomic E-state index is 0. The Hall–Kier alpha value is -1.30. The van der Waals surface area contributed by atoms with E-state index in [0.29, 0.717) is 12.0 Å². The van der Waals surface area contributed by atoms with Crippen LogP contribution in [0.1, 0.15) is 22.5 Å². The standard InChI is InChI=1S/C17H20N2O2S.ClH/c1-21-13-3-2-12-8-16(22-15(12)9-13)17(20)18-14-10-19-6-4-11(14)5-7-19;/h2-3,8-9,11,14H,4-7,10H2,1H3,(H,18,20);1H/t14-;/m1./s1. The van der Waals surface area contributed by atoms with E-state index in [4.69, 9.17) is 4.74 Å². The van der Waals surface area contributed by atoms with E-state index < -0.39 is 0 Å². The maximum atomic E-state index is 12.6. The van der Waals surface area contributed by atoms with Gasteiger partial charge in [-0.2, -0.15) is 0 Å². The number of carbonyl (C=O) groups is 1. The summed E-state index contributed by atoms with van der Waals surface area (Å²) in [6, 6.07) is 8.23. The van der Waals surface area contributed by atoms with E-state index in [2.05, 4.69) is 10.2 Å². The third-order valence-corrected chi connectivity index (χ3v) is 6.02. The summed E-state index contributed by atoms with van der Waals surface area (Å²) in [6.07, 6.45) is 2.43.